The molecule has 176 valence electrons. The molecule has 0 atom stereocenters. The lowest BCUT2D eigenvalue weighted by Crippen LogP contribution is -2.34. The number of carbonyl (C=O) groups excluding carboxylic acids is 2. The quantitative estimate of drug-likeness (QED) is 0.619. The number of carbonyl (C=O) groups is 2. The Morgan fingerprint density at radius 3 is 2.09 bits per heavy atom. The second kappa shape index (κ2) is 11.5. The van der Waals surface area contributed by atoms with Crippen LogP contribution in [0.1, 0.15) is 46.4 Å². The number of nitrogens with zero attached hydrogens (tertiary/aromatic N) is 1. The molecule has 2 amide bonds. The van der Waals surface area contributed by atoms with Gasteiger partial charge in [-0.1, -0.05) is 18.9 Å². The largest absolute Gasteiger partial charge is 0.493 e. The predicted molar refractivity (Wildman–Crippen MR) is 131 cm³/mol. The van der Waals surface area contributed by atoms with Gasteiger partial charge in [-0.05, 0) is 55.4 Å². The van der Waals surface area contributed by atoms with Gasteiger partial charge in [-0.3, -0.25) is 14.9 Å². The lowest BCUT2D eigenvalue weighted by atomic mass is 10.1. The van der Waals surface area contributed by atoms with E-state index in [1.165, 1.54) is 21.3 Å². The summed E-state index contributed by atoms with van der Waals surface area (Å²) in [6.45, 7) is 1.56. The summed E-state index contributed by atoms with van der Waals surface area (Å²) >= 11 is 5.31. The lowest BCUT2D eigenvalue weighted by Gasteiger charge is -2.20. The molecule has 0 aliphatic carbocycles. The van der Waals surface area contributed by atoms with E-state index in [2.05, 4.69) is 10.6 Å². The number of ether oxygens (including phenoxy) is 3. The number of methoxy groups -OCH3 is 3. The molecule has 8 nitrogen and oxygen atoms in total. The number of amides is 2. The van der Waals surface area contributed by atoms with E-state index in [1.54, 1.807) is 36.4 Å². The molecule has 2 aromatic rings. The van der Waals surface area contributed by atoms with Crippen molar-refractivity contribution in [3.63, 3.8) is 0 Å². The lowest BCUT2D eigenvalue weighted by molar-refractivity contribution is 0.0761. The number of nitrogens with one attached hydrogen (secondary N) is 2. The summed E-state index contributed by atoms with van der Waals surface area (Å²) in [6, 6.07) is 10.2. The first-order chi connectivity index (χ1) is 16.0. The van der Waals surface area contributed by atoms with E-state index in [9.17, 15) is 9.59 Å². The Hall–Kier alpha value is -3.33. The SMILES string of the molecule is COc1cc(C(=O)NC(=S)Nc2cccc(C(=O)N3CCCCCC3)c2)cc(OC)c1OC. The van der Waals surface area contributed by atoms with Crippen LogP contribution >= 0.6 is 12.2 Å². The first kappa shape index (κ1) is 24.3. The van der Waals surface area contributed by atoms with Crippen molar-refractivity contribution in [2.24, 2.45) is 0 Å². The molecule has 0 radical (unpaired) electrons. The molecule has 1 saturated heterocycles. The maximum atomic E-state index is 12.9. The van der Waals surface area contributed by atoms with Crippen LogP contribution in [-0.2, 0) is 0 Å². The molecule has 33 heavy (non-hydrogen) atoms. The topological polar surface area (TPSA) is 89.1 Å². The molecule has 0 bridgehead atoms. The molecule has 0 unspecified atom stereocenters. The summed E-state index contributed by atoms with van der Waals surface area (Å²) in [5, 5.41) is 5.72. The molecular formula is C24H29N3O5S. The standard InChI is InChI=1S/C24H29N3O5S/c1-30-19-14-17(15-20(31-2)21(19)32-3)22(28)26-24(33)25-18-10-8-9-16(13-18)23(29)27-11-6-4-5-7-12-27/h8-10,13-15H,4-7,11-12H2,1-3H3,(H2,25,26,28,33). The molecule has 1 aliphatic heterocycles. The van der Waals surface area contributed by atoms with Crippen molar-refractivity contribution in [3.05, 3.63) is 47.5 Å². The molecule has 1 heterocycles. The summed E-state index contributed by atoms with van der Waals surface area (Å²) in [5.74, 6) is 0.681. The van der Waals surface area contributed by atoms with Crippen molar-refractivity contribution in [3.8, 4) is 17.2 Å². The number of thiocarbonyl (C=S) groups is 1. The first-order valence-corrected chi connectivity index (χ1v) is 11.2. The fraction of sp³-hybridized carbons (Fsp3) is 0.375. The van der Waals surface area contributed by atoms with Crippen LogP contribution in [0.5, 0.6) is 17.2 Å². The second-order valence-corrected chi connectivity index (χ2v) is 8.02. The highest BCUT2D eigenvalue weighted by Crippen LogP contribution is 2.38. The van der Waals surface area contributed by atoms with Gasteiger partial charge in [0, 0.05) is 29.9 Å². The smallest absolute Gasteiger partial charge is 0.257 e. The Morgan fingerprint density at radius 2 is 1.52 bits per heavy atom. The fourth-order valence-electron chi connectivity index (χ4n) is 3.74. The van der Waals surface area contributed by atoms with Crippen molar-refractivity contribution >= 4 is 34.8 Å². The third-order valence-corrected chi connectivity index (χ3v) is 5.62. The molecular weight excluding hydrogens is 442 g/mol. The zero-order chi connectivity index (χ0) is 23.8. The van der Waals surface area contributed by atoms with Crippen LogP contribution in [0.4, 0.5) is 5.69 Å². The van der Waals surface area contributed by atoms with Crippen molar-refractivity contribution in [2.45, 2.75) is 25.7 Å². The molecule has 9 heteroatoms. The summed E-state index contributed by atoms with van der Waals surface area (Å²) in [7, 11) is 4.45. The number of hydrogen-bond acceptors (Lipinski definition) is 6. The molecule has 2 aromatic carbocycles. The summed E-state index contributed by atoms with van der Waals surface area (Å²) < 4.78 is 15.9. The third kappa shape index (κ3) is 6.13. The number of likely N-dealkylation sites (tertiary alicyclic amines) is 1. The molecule has 2 N–H and O–H groups in total. The zero-order valence-electron chi connectivity index (χ0n) is 19.1. The highest BCUT2D eigenvalue weighted by atomic mass is 32.1. The van der Waals surface area contributed by atoms with Crippen LogP contribution < -0.4 is 24.8 Å². The Balaban J connectivity index is 1.68. The van der Waals surface area contributed by atoms with Gasteiger partial charge in [-0.15, -0.1) is 0 Å². The molecule has 0 saturated carbocycles. The van der Waals surface area contributed by atoms with Crippen LogP contribution in [0.2, 0.25) is 0 Å². The summed E-state index contributed by atoms with van der Waals surface area (Å²) in [6.07, 6.45) is 4.37. The number of rotatable bonds is 6. The minimum Gasteiger partial charge on any atom is -0.493 e. The highest BCUT2D eigenvalue weighted by molar-refractivity contribution is 7.80. The second-order valence-electron chi connectivity index (χ2n) is 7.61. The van der Waals surface area contributed by atoms with Gasteiger partial charge in [0.25, 0.3) is 11.8 Å². The average molecular weight is 472 g/mol. The molecule has 0 aromatic heterocycles. The fourth-order valence-corrected chi connectivity index (χ4v) is 3.95. The Kier molecular flexibility index (Phi) is 8.48. The van der Waals surface area contributed by atoms with E-state index < -0.39 is 5.91 Å². The third-order valence-electron chi connectivity index (χ3n) is 5.41. The van der Waals surface area contributed by atoms with E-state index >= 15 is 0 Å². The molecule has 1 fully saturated rings. The van der Waals surface area contributed by atoms with Crippen molar-refractivity contribution < 1.29 is 23.8 Å². The van der Waals surface area contributed by atoms with Gasteiger partial charge >= 0.3 is 0 Å². The van der Waals surface area contributed by atoms with Gasteiger partial charge in [0.05, 0.1) is 21.3 Å². The first-order valence-electron chi connectivity index (χ1n) is 10.8. The van der Waals surface area contributed by atoms with Gasteiger partial charge in [0.1, 0.15) is 0 Å². The monoisotopic (exact) mass is 471 g/mol. The normalized spacial score (nSPS) is 13.5. The Morgan fingerprint density at radius 1 is 0.879 bits per heavy atom. The van der Waals surface area contributed by atoms with E-state index in [4.69, 9.17) is 26.4 Å². The van der Waals surface area contributed by atoms with E-state index in [-0.39, 0.29) is 11.0 Å². The number of benzene rings is 2. The maximum absolute atomic E-state index is 12.9. The van der Waals surface area contributed by atoms with Gasteiger partial charge in [-0.2, -0.15) is 0 Å². The van der Waals surface area contributed by atoms with E-state index in [1.807, 2.05) is 4.90 Å². The Labute approximate surface area is 199 Å². The zero-order valence-corrected chi connectivity index (χ0v) is 19.9. The van der Waals surface area contributed by atoms with E-state index in [0.29, 0.717) is 34.1 Å². The molecule has 3 rings (SSSR count). The highest BCUT2D eigenvalue weighted by Gasteiger charge is 2.19. The predicted octanol–water partition coefficient (Wildman–Crippen LogP) is 3.86. The van der Waals surface area contributed by atoms with Crippen molar-refractivity contribution in [1.29, 1.82) is 0 Å². The van der Waals surface area contributed by atoms with Crippen LogP contribution in [0, 0.1) is 0 Å². The van der Waals surface area contributed by atoms with Crippen molar-refractivity contribution in [1.82, 2.24) is 10.2 Å². The minimum atomic E-state index is -0.441. The molecule has 0 spiro atoms. The minimum absolute atomic E-state index is 0.00734. The summed E-state index contributed by atoms with van der Waals surface area (Å²) in [5.41, 5.74) is 1.49. The van der Waals surface area contributed by atoms with Crippen LogP contribution in [0.3, 0.4) is 0 Å². The van der Waals surface area contributed by atoms with Gasteiger partial charge in [0.15, 0.2) is 16.6 Å². The van der Waals surface area contributed by atoms with Gasteiger partial charge < -0.3 is 24.4 Å². The average Bonchev–Trinajstić information content (AvgIpc) is 3.12. The van der Waals surface area contributed by atoms with E-state index in [0.717, 1.165) is 38.8 Å². The molecule has 1 aliphatic rings. The van der Waals surface area contributed by atoms with Gasteiger partial charge in [0.2, 0.25) is 5.75 Å². The number of anilines is 1. The maximum Gasteiger partial charge on any atom is 0.257 e. The number of hydrogen-bond donors (Lipinski definition) is 2. The van der Waals surface area contributed by atoms with Crippen molar-refractivity contribution in [2.75, 3.05) is 39.7 Å². The Bertz CT molecular complexity index is 994. The van der Waals surface area contributed by atoms with Crippen LogP contribution in [0.15, 0.2) is 36.4 Å². The van der Waals surface area contributed by atoms with Crippen LogP contribution in [0.25, 0.3) is 0 Å². The van der Waals surface area contributed by atoms with Crippen LogP contribution in [-0.4, -0.2) is 56.2 Å². The van der Waals surface area contributed by atoms with Gasteiger partial charge in [-0.25, -0.2) is 0 Å². The summed E-state index contributed by atoms with van der Waals surface area (Å²) in [4.78, 5) is 27.5.